The summed E-state index contributed by atoms with van der Waals surface area (Å²) in [6.07, 6.45) is 0. The second-order valence-corrected chi connectivity index (χ2v) is 10.3. The van der Waals surface area contributed by atoms with Gasteiger partial charge in [-0.1, -0.05) is 27.7 Å². The number of aromatic nitrogens is 2. The lowest BCUT2D eigenvalue weighted by Crippen LogP contribution is -2.35. The fraction of sp³-hybridized carbons (Fsp3) is 0.750. The van der Waals surface area contributed by atoms with E-state index in [-0.39, 0.29) is 29.0 Å². The van der Waals surface area contributed by atoms with Gasteiger partial charge in [0.25, 0.3) is 0 Å². The number of sulfone groups is 1. The smallest absolute Gasteiger partial charge is 0.320 e. The number of nitrogens with zero attached hydrogens (tertiary/aromatic N) is 2. The van der Waals surface area contributed by atoms with E-state index in [2.05, 4.69) is 36.5 Å². The Morgan fingerprint density at radius 1 is 1.21 bits per heavy atom. The molecule has 24 heavy (non-hydrogen) atoms. The molecule has 0 spiro atoms. The van der Waals surface area contributed by atoms with Gasteiger partial charge >= 0.3 is 6.03 Å². The molecule has 0 aromatic carbocycles. The number of amides is 2. The number of hydrogen-bond acceptors (Lipinski definition) is 4. The van der Waals surface area contributed by atoms with Crippen molar-refractivity contribution < 1.29 is 13.2 Å². The summed E-state index contributed by atoms with van der Waals surface area (Å²) in [6.45, 7) is 13.9. The van der Waals surface area contributed by atoms with Gasteiger partial charge in [0.05, 0.1) is 17.0 Å². The third kappa shape index (κ3) is 5.81. The molecule has 0 saturated carbocycles. The van der Waals surface area contributed by atoms with Gasteiger partial charge in [0.1, 0.15) is 5.82 Å². The first kappa shape index (κ1) is 20.5. The van der Waals surface area contributed by atoms with E-state index in [0.717, 1.165) is 5.69 Å². The highest BCUT2D eigenvalue weighted by Crippen LogP contribution is 2.28. The quantitative estimate of drug-likeness (QED) is 0.846. The fourth-order valence-corrected chi connectivity index (χ4v) is 2.67. The summed E-state index contributed by atoms with van der Waals surface area (Å²) < 4.78 is 24.7. The number of anilines is 1. The van der Waals surface area contributed by atoms with E-state index in [1.807, 2.05) is 26.8 Å². The average molecular weight is 359 g/mol. The Bertz CT molecular complexity index is 679. The number of nitrogens with one attached hydrogen (secondary N) is 2. The normalized spacial score (nSPS) is 13.0. The molecule has 2 amide bonds. The van der Waals surface area contributed by atoms with Crippen LogP contribution in [0.25, 0.3) is 0 Å². The van der Waals surface area contributed by atoms with E-state index in [1.165, 1.54) is 0 Å². The average Bonchev–Trinajstić information content (AvgIpc) is 2.82. The molecule has 138 valence electrons. The largest absolute Gasteiger partial charge is 0.337 e. The minimum Gasteiger partial charge on any atom is -0.337 e. The highest BCUT2D eigenvalue weighted by atomic mass is 32.2. The van der Waals surface area contributed by atoms with Crippen LogP contribution < -0.4 is 10.6 Å². The van der Waals surface area contributed by atoms with Crippen LogP contribution >= 0.6 is 0 Å². The van der Waals surface area contributed by atoms with E-state index < -0.39 is 15.9 Å². The topological polar surface area (TPSA) is 93.1 Å². The predicted octanol–water partition coefficient (Wildman–Crippen LogP) is 2.49. The molecule has 0 atom stereocenters. The number of hydrogen-bond donors (Lipinski definition) is 2. The van der Waals surface area contributed by atoms with Crippen molar-refractivity contribution in [3.05, 3.63) is 11.8 Å². The molecule has 1 aromatic heterocycles. The van der Waals surface area contributed by atoms with Crippen LogP contribution in [0.3, 0.4) is 0 Å². The summed E-state index contributed by atoms with van der Waals surface area (Å²) in [7, 11) is -3.09. The lowest BCUT2D eigenvalue weighted by Gasteiger charge is -2.23. The van der Waals surface area contributed by atoms with E-state index >= 15 is 0 Å². The fourth-order valence-electron chi connectivity index (χ4n) is 1.97. The third-order valence-corrected chi connectivity index (χ3v) is 5.20. The van der Waals surface area contributed by atoms with Crippen molar-refractivity contribution in [3.63, 3.8) is 0 Å². The Kier molecular flexibility index (Phi) is 6.08. The summed E-state index contributed by atoms with van der Waals surface area (Å²) >= 11 is 0. The van der Waals surface area contributed by atoms with Crippen molar-refractivity contribution in [1.29, 1.82) is 0 Å². The van der Waals surface area contributed by atoms with Gasteiger partial charge in [0, 0.05) is 23.8 Å². The molecule has 0 aliphatic carbocycles. The Balaban J connectivity index is 2.86. The second kappa shape index (κ2) is 7.13. The van der Waals surface area contributed by atoms with Crippen molar-refractivity contribution in [3.8, 4) is 0 Å². The zero-order valence-electron chi connectivity index (χ0n) is 15.7. The highest BCUT2D eigenvalue weighted by Gasteiger charge is 2.25. The van der Waals surface area contributed by atoms with Crippen molar-refractivity contribution >= 4 is 21.7 Å². The van der Waals surface area contributed by atoms with E-state index in [9.17, 15) is 13.2 Å². The maximum absolute atomic E-state index is 12.1. The molecule has 0 bridgehead atoms. The molecule has 1 rings (SSSR count). The first-order chi connectivity index (χ1) is 10.8. The Labute approximate surface area is 145 Å². The number of carbonyl (C=O) groups excluding carboxylic acids is 1. The first-order valence-electron chi connectivity index (χ1n) is 8.12. The van der Waals surface area contributed by atoms with Gasteiger partial charge in [-0.15, -0.1) is 0 Å². The Morgan fingerprint density at radius 2 is 1.79 bits per heavy atom. The SMILES string of the molecule is CCS(=O)(=O)CCNC(=O)Nc1cc(C(C)(C)C)nn1C(C)(C)C. The minimum absolute atomic E-state index is 0.0668. The summed E-state index contributed by atoms with van der Waals surface area (Å²) in [5, 5.41) is 9.96. The van der Waals surface area contributed by atoms with Crippen molar-refractivity contribution in [2.24, 2.45) is 0 Å². The predicted molar refractivity (Wildman–Crippen MR) is 97.3 cm³/mol. The first-order valence-corrected chi connectivity index (χ1v) is 9.95. The third-order valence-electron chi connectivity index (χ3n) is 3.49. The lowest BCUT2D eigenvalue weighted by molar-refractivity contribution is 0.252. The van der Waals surface area contributed by atoms with Crippen LogP contribution in [-0.4, -0.2) is 42.3 Å². The van der Waals surface area contributed by atoms with Crippen LogP contribution in [0.2, 0.25) is 0 Å². The zero-order valence-corrected chi connectivity index (χ0v) is 16.5. The molecular weight excluding hydrogens is 328 g/mol. The molecule has 0 radical (unpaired) electrons. The molecule has 1 heterocycles. The van der Waals surface area contributed by atoms with Gasteiger partial charge in [-0.05, 0) is 20.8 Å². The van der Waals surface area contributed by atoms with E-state index in [4.69, 9.17) is 0 Å². The van der Waals surface area contributed by atoms with Crippen molar-refractivity contribution in [2.45, 2.75) is 59.4 Å². The second-order valence-electron chi connectivity index (χ2n) is 7.86. The maximum atomic E-state index is 12.1. The summed E-state index contributed by atoms with van der Waals surface area (Å²) in [4.78, 5) is 12.1. The Morgan fingerprint density at radius 3 is 2.25 bits per heavy atom. The van der Waals surface area contributed by atoms with Gasteiger partial charge in [-0.25, -0.2) is 17.9 Å². The van der Waals surface area contributed by atoms with Gasteiger partial charge in [0.2, 0.25) is 0 Å². The van der Waals surface area contributed by atoms with E-state index in [1.54, 1.807) is 11.6 Å². The molecule has 0 aliphatic rings. The van der Waals surface area contributed by atoms with Gasteiger partial charge in [-0.2, -0.15) is 5.10 Å². The van der Waals surface area contributed by atoms with Crippen molar-refractivity contribution in [2.75, 3.05) is 23.4 Å². The van der Waals surface area contributed by atoms with Gasteiger partial charge in [-0.3, -0.25) is 5.32 Å². The van der Waals surface area contributed by atoms with Crippen LogP contribution in [0.4, 0.5) is 10.6 Å². The highest BCUT2D eigenvalue weighted by molar-refractivity contribution is 7.91. The number of rotatable bonds is 5. The Hall–Kier alpha value is -1.57. The monoisotopic (exact) mass is 358 g/mol. The number of urea groups is 1. The molecule has 0 fully saturated rings. The van der Waals surface area contributed by atoms with Crippen LogP contribution in [0.15, 0.2) is 6.07 Å². The molecular formula is C16H30N4O3S. The maximum Gasteiger partial charge on any atom is 0.320 e. The molecule has 0 saturated heterocycles. The van der Waals surface area contributed by atoms with Gasteiger partial charge < -0.3 is 5.32 Å². The molecule has 7 nitrogen and oxygen atoms in total. The number of carbonyl (C=O) groups is 1. The van der Waals surface area contributed by atoms with Crippen LogP contribution in [-0.2, 0) is 20.8 Å². The van der Waals surface area contributed by atoms with Crippen molar-refractivity contribution in [1.82, 2.24) is 15.1 Å². The zero-order chi connectivity index (χ0) is 18.8. The summed E-state index contributed by atoms with van der Waals surface area (Å²) in [5.74, 6) is 0.591. The molecule has 0 aliphatic heterocycles. The van der Waals surface area contributed by atoms with Crippen LogP contribution in [0.5, 0.6) is 0 Å². The minimum atomic E-state index is -3.09. The standard InChI is InChI=1S/C16H30N4O3S/c1-8-24(22,23)10-9-17-14(21)18-13-11-12(15(2,3)4)19-20(13)16(5,6)7/h11H,8-10H2,1-7H3,(H2,17,18,21). The molecule has 0 unspecified atom stereocenters. The van der Waals surface area contributed by atoms with Crippen LogP contribution in [0.1, 0.15) is 54.2 Å². The van der Waals surface area contributed by atoms with E-state index in [0.29, 0.717) is 5.82 Å². The summed E-state index contributed by atoms with van der Waals surface area (Å²) in [6, 6.07) is 1.42. The molecule has 2 N–H and O–H groups in total. The molecule has 1 aromatic rings. The lowest BCUT2D eigenvalue weighted by atomic mass is 9.92. The van der Waals surface area contributed by atoms with Gasteiger partial charge in [0.15, 0.2) is 9.84 Å². The molecule has 8 heteroatoms. The summed E-state index contributed by atoms with van der Waals surface area (Å²) in [5.41, 5.74) is 0.442. The van der Waals surface area contributed by atoms with Crippen LogP contribution in [0, 0.1) is 0 Å².